The van der Waals surface area contributed by atoms with E-state index in [-0.39, 0.29) is 12.0 Å². The van der Waals surface area contributed by atoms with Crippen LogP contribution in [-0.2, 0) is 18.3 Å². The summed E-state index contributed by atoms with van der Waals surface area (Å²) in [5.41, 5.74) is -0.643. The maximum Gasteiger partial charge on any atom is 0.282 e. The van der Waals surface area contributed by atoms with Gasteiger partial charge in [-0.3, -0.25) is 14.3 Å². The summed E-state index contributed by atoms with van der Waals surface area (Å²) in [7, 11) is 2.62. The largest absolute Gasteiger partial charge is 0.282 e. The van der Waals surface area contributed by atoms with Crippen molar-refractivity contribution in [3.63, 3.8) is 0 Å². The van der Waals surface area contributed by atoms with Gasteiger partial charge in [-0.25, -0.2) is 22.6 Å². The molecule has 0 saturated heterocycles. The molecule has 5 nitrogen and oxygen atoms in total. The van der Waals surface area contributed by atoms with Crippen LogP contribution in [0.15, 0.2) is 24.4 Å². The molecule has 9 heteroatoms. The number of nitrogens with zero attached hydrogens (tertiary/aromatic N) is 3. The van der Waals surface area contributed by atoms with Gasteiger partial charge in [0.05, 0.1) is 18.7 Å². The summed E-state index contributed by atoms with van der Waals surface area (Å²) in [5, 5.41) is 4.46. The monoisotopic (exact) mass is 359 g/mol. The highest BCUT2D eigenvalue weighted by Gasteiger charge is 2.29. The van der Waals surface area contributed by atoms with Crippen LogP contribution in [-0.4, -0.2) is 33.9 Å². The first kappa shape index (κ1) is 18.9. The van der Waals surface area contributed by atoms with Gasteiger partial charge >= 0.3 is 0 Å². The van der Waals surface area contributed by atoms with Crippen molar-refractivity contribution in [2.24, 2.45) is 7.05 Å². The topological polar surface area (TPSA) is 47.4 Å². The van der Waals surface area contributed by atoms with Crippen molar-refractivity contribution in [2.45, 2.75) is 25.8 Å². The number of amides is 1. The minimum atomic E-state index is -2.92. The molecule has 1 amide bonds. The number of aromatic nitrogens is 2. The van der Waals surface area contributed by atoms with Crippen molar-refractivity contribution < 1.29 is 27.2 Å². The zero-order chi connectivity index (χ0) is 18.7. The van der Waals surface area contributed by atoms with Crippen LogP contribution in [0.1, 0.15) is 35.0 Å². The Morgan fingerprint density at radius 1 is 1.28 bits per heavy atom. The Kier molecular flexibility index (Phi) is 5.78. The van der Waals surface area contributed by atoms with Gasteiger partial charge in [0, 0.05) is 19.3 Å². The highest BCUT2D eigenvalue weighted by Crippen LogP contribution is 2.23. The Labute approximate surface area is 141 Å². The molecule has 1 atom stereocenters. The van der Waals surface area contributed by atoms with E-state index in [1.165, 1.54) is 20.4 Å². The third-order valence-corrected chi connectivity index (χ3v) is 3.55. The third-order valence-electron chi connectivity index (χ3n) is 3.55. The summed E-state index contributed by atoms with van der Waals surface area (Å²) in [6.45, 7) is 1.57. The normalized spacial score (nSPS) is 12.5. The van der Waals surface area contributed by atoms with E-state index in [1.807, 2.05) is 0 Å². The molecule has 25 heavy (non-hydrogen) atoms. The Morgan fingerprint density at radius 3 is 2.40 bits per heavy atom. The van der Waals surface area contributed by atoms with Crippen LogP contribution in [0.5, 0.6) is 0 Å². The Hall–Kier alpha value is -2.42. The summed E-state index contributed by atoms with van der Waals surface area (Å²) < 4.78 is 53.7. The highest BCUT2D eigenvalue weighted by atomic mass is 19.3. The van der Waals surface area contributed by atoms with Crippen LogP contribution >= 0.6 is 0 Å². The van der Waals surface area contributed by atoms with Crippen molar-refractivity contribution >= 4 is 5.91 Å². The first-order valence-electron chi connectivity index (χ1n) is 7.37. The smallest absolute Gasteiger partial charge is 0.275 e. The van der Waals surface area contributed by atoms with E-state index >= 15 is 0 Å². The molecule has 2 aromatic rings. The Balaban J connectivity index is 2.24. The molecule has 136 valence electrons. The Bertz CT molecular complexity index is 744. The van der Waals surface area contributed by atoms with Crippen LogP contribution in [0.2, 0.25) is 0 Å². The molecule has 0 aliphatic rings. The maximum atomic E-state index is 13.3. The molecule has 0 fully saturated rings. The van der Waals surface area contributed by atoms with Crippen molar-refractivity contribution in [1.82, 2.24) is 14.8 Å². The zero-order valence-electron chi connectivity index (χ0n) is 13.8. The molecule has 0 bridgehead atoms. The number of hydrogen-bond acceptors (Lipinski definition) is 3. The van der Waals surface area contributed by atoms with E-state index in [0.717, 1.165) is 27.9 Å². The van der Waals surface area contributed by atoms with Crippen LogP contribution in [0, 0.1) is 11.6 Å². The van der Waals surface area contributed by atoms with E-state index < -0.39 is 35.7 Å². The van der Waals surface area contributed by atoms with Crippen molar-refractivity contribution in [3.05, 3.63) is 52.9 Å². The van der Waals surface area contributed by atoms with Crippen molar-refractivity contribution in [1.29, 1.82) is 0 Å². The van der Waals surface area contributed by atoms with E-state index in [1.54, 1.807) is 6.92 Å². The quantitative estimate of drug-likeness (QED) is 0.588. The van der Waals surface area contributed by atoms with Crippen LogP contribution in [0.3, 0.4) is 0 Å². The van der Waals surface area contributed by atoms with Crippen molar-refractivity contribution in [3.8, 4) is 0 Å². The summed E-state index contributed by atoms with van der Waals surface area (Å²) in [6, 6.07) is 2.33. The molecule has 2 rings (SSSR count). The summed E-state index contributed by atoms with van der Waals surface area (Å²) in [6.07, 6.45) is -1.69. The number of hydrogen-bond donors (Lipinski definition) is 0. The molecule has 0 saturated carbocycles. The predicted molar refractivity (Wildman–Crippen MR) is 80.9 cm³/mol. The molecule has 0 aliphatic carbocycles. The molecule has 1 unspecified atom stereocenters. The van der Waals surface area contributed by atoms with Crippen LogP contribution < -0.4 is 0 Å². The molecule has 1 aromatic carbocycles. The average molecular weight is 359 g/mol. The predicted octanol–water partition coefficient (Wildman–Crippen LogP) is 3.27. The standard InChI is InChI=1S/C16H17F4N3O2/c1-9(4-10-5-11(17)7-12(18)6-10)23(25-3)16(24)13-8-22(2)21-14(13)15(19)20/h5-9,15H,4H2,1-3H3. The molecule has 0 aliphatic heterocycles. The van der Waals surface area contributed by atoms with E-state index in [2.05, 4.69) is 5.10 Å². The summed E-state index contributed by atoms with van der Waals surface area (Å²) in [4.78, 5) is 17.6. The lowest BCUT2D eigenvalue weighted by atomic mass is 10.1. The van der Waals surface area contributed by atoms with Gasteiger partial charge in [0.15, 0.2) is 0 Å². The minimum Gasteiger partial charge on any atom is -0.275 e. The van der Waals surface area contributed by atoms with Crippen LogP contribution in [0.25, 0.3) is 0 Å². The zero-order valence-corrected chi connectivity index (χ0v) is 13.8. The molecule has 0 spiro atoms. The maximum absolute atomic E-state index is 13.3. The van der Waals surface area contributed by atoms with Gasteiger partial charge in [-0.05, 0) is 31.0 Å². The number of benzene rings is 1. The number of rotatable bonds is 6. The van der Waals surface area contributed by atoms with E-state index in [4.69, 9.17) is 4.84 Å². The lowest BCUT2D eigenvalue weighted by molar-refractivity contribution is -0.119. The number of halogens is 4. The van der Waals surface area contributed by atoms with Gasteiger partial charge in [0.25, 0.3) is 12.3 Å². The molecule has 1 heterocycles. The van der Waals surface area contributed by atoms with Gasteiger partial charge in [-0.2, -0.15) is 5.10 Å². The second-order valence-electron chi connectivity index (χ2n) is 5.55. The van der Waals surface area contributed by atoms with Gasteiger partial charge in [0.1, 0.15) is 17.3 Å². The molecular weight excluding hydrogens is 342 g/mol. The average Bonchev–Trinajstić information content (AvgIpc) is 2.89. The molecule has 0 radical (unpaired) electrons. The highest BCUT2D eigenvalue weighted by molar-refractivity contribution is 5.94. The van der Waals surface area contributed by atoms with E-state index in [9.17, 15) is 22.4 Å². The fourth-order valence-corrected chi connectivity index (χ4v) is 2.57. The third kappa shape index (κ3) is 4.36. The number of hydroxylamine groups is 2. The second kappa shape index (κ2) is 7.64. The van der Waals surface area contributed by atoms with Gasteiger partial charge in [-0.1, -0.05) is 0 Å². The first-order valence-corrected chi connectivity index (χ1v) is 7.37. The SMILES string of the molecule is CON(C(=O)c1cn(C)nc1C(F)F)C(C)Cc1cc(F)cc(F)c1. The summed E-state index contributed by atoms with van der Waals surface area (Å²) in [5.74, 6) is -2.30. The number of carbonyl (C=O) groups is 1. The minimum absolute atomic E-state index is 0.0680. The lowest BCUT2D eigenvalue weighted by Gasteiger charge is -2.26. The first-order chi connectivity index (χ1) is 11.7. The number of aryl methyl sites for hydroxylation is 1. The second-order valence-corrected chi connectivity index (χ2v) is 5.55. The van der Waals surface area contributed by atoms with E-state index in [0.29, 0.717) is 5.56 Å². The van der Waals surface area contributed by atoms with Gasteiger partial charge < -0.3 is 0 Å². The van der Waals surface area contributed by atoms with Gasteiger partial charge in [0.2, 0.25) is 0 Å². The lowest BCUT2D eigenvalue weighted by Crippen LogP contribution is -2.39. The van der Waals surface area contributed by atoms with Gasteiger partial charge in [-0.15, -0.1) is 0 Å². The fourth-order valence-electron chi connectivity index (χ4n) is 2.57. The number of alkyl halides is 2. The summed E-state index contributed by atoms with van der Waals surface area (Å²) >= 11 is 0. The number of carbonyl (C=O) groups excluding carboxylic acids is 1. The fraction of sp³-hybridized carbons (Fsp3) is 0.375. The molecule has 0 N–H and O–H groups in total. The van der Waals surface area contributed by atoms with Crippen LogP contribution in [0.4, 0.5) is 17.6 Å². The Morgan fingerprint density at radius 2 is 1.88 bits per heavy atom. The molecule has 1 aromatic heterocycles. The molecular formula is C16H17F4N3O2. The van der Waals surface area contributed by atoms with Crippen molar-refractivity contribution in [2.75, 3.05) is 7.11 Å².